The Morgan fingerprint density at radius 1 is 1.58 bits per heavy atom. The largest absolute Gasteiger partial charge is 0.361 e. The molecule has 0 aromatic carbocycles. The van der Waals surface area contributed by atoms with E-state index in [2.05, 4.69) is 20.7 Å². The Kier molecular flexibility index (Phi) is 2.77. The van der Waals surface area contributed by atoms with E-state index in [0.29, 0.717) is 0 Å². The van der Waals surface area contributed by atoms with Gasteiger partial charge in [0.15, 0.2) is 17.0 Å². The van der Waals surface area contributed by atoms with Crippen molar-refractivity contribution in [3.63, 3.8) is 0 Å². The molecule has 0 amide bonds. The summed E-state index contributed by atoms with van der Waals surface area (Å²) in [7, 11) is 0. The molecule has 0 saturated heterocycles. The van der Waals surface area contributed by atoms with Crippen LogP contribution in [0.3, 0.4) is 0 Å². The van der Waals surface area contributed by atoms with Crippen LogP contribution in [0.2, 0.25) is 0 Å². The van der Waals surface area contributed by atoms with Crippen molar-refractivity contribution in [1.82, 2.24) is 0 Å². The molecule has 6 heteroatoms. The molecule has 0 radical (unpaired) electrons. The maximum Gasteiger partial charge on any atom is 0.317 e. The molecule has 1 unspecified atom stereocenters. The molecule has 1 rings (SSSR count). The number of nitrogens with zero attached hydrogens (tertiary/aromatic N) is 2. The molecular formula is C6H2BrClF2N2. The van der Waals surface area contributed by atoms with E-state index in [1.165, 1.54) is 0 Å². The normalized spacial score (nSPS) is 23.8. The zero-order valence-electron chi connectivity index (χ0n) is 5.56. The Balaban J connectivity index is 3.23. The molecular weight excluding hydrogens is 253 g/mol. The summed E-state index contributed by atoms with van der Waals surface area (Å²) in [5.41, 5.74) is 8.17. The summed E-state index contributed by atoms with van der Waals surface area (Å²) >= 11 is 8.29. The molecule has 12 heavy (non-hydrogen) atoms. The van der Waals surface area contributed by atoms with Gasteiger partial charge in [0.1, 0.15) is 0 Å². The Bertz CT molecular complexity index is 330. The van der Waals surface area contributed by atoms with Crippen molar-refractivity contribution < 1.29 is 13.6 Å². The second-order valence-corrected chi connectivity index (χ2v) is 3.33. The first-order chi connectivity index (χ1) is 5.57. The summed E-state index contributed by atoms with van der Waals surface area (Å²) in [6, 6.07) is 0. The molecule has 0 fully saturated rings. The lowest BCUT2D eigenvalue weighted by Crippen LogP contribution is -2.18. The summed E-state index contributed by atoms with van der Waals surface area (Å²) < 4.78 is 25.1. The number of allylic oxidation sites excluding steroid dienone is 4. The van der Waals surface area contributed by atoms with Crippen molar-refractivity contribution in [2.24, 2.45) is 0 Å². The van der Waals surface area contributed by atoms with Crippen molar-refractivity contribution in [3.05, 3.63) is 27.7 Å². The highest BCUT2D eigenvalue weighted by molar-refractivity contribution is 9.11. The quantitative estimate of drug-likeness (QED) is 0.362. The van der Waals surface area contributed by atoms with Crippen LogP contribution in [0, 0.1) is 0 Å². The van der Waals surface area contributed by atoms with Crippen molar-refractivity contribution >= 4 is 33.2 Å². The highest BCUT2D eigenvalue weighted by atomic mass is 79.9. The predicted octanol–water partition coefficient (Wildman–Crippen LogP) is 2.71. The van der Waals surface area contributed by atoms with Crippen molar-refractivity contribution in [2.75, 3.05) is 0 Å². The third kappa shape index (κ3) is 1.48. The monoisotopic (exact) mass is 254 g/mol. The summed E-state index contributed by atoms with van der Waals surface area (Å²) in [4.78, 5) is 2.70. The number of hydrogen-bond acceptors (Lipinski definition) is 0. The Hall–Kier alpha value is -0.510. The van der Waals surface area contributed by atoms with Crippen LogP contribution in [0.4, 0.5) is 8.78 Å². The van der Waals surface area contributed by atoms with E-state index in [4.69, 9.17) is 17.1 Å². The predicted molar refractivity (Wildman–Crippen MR) is 44.5 cm³/mol. The van der Waals surface area contributed by atoms with Gasteiger partial charge in [-0.05, 0) is 0 Å². The fraction of sp³-hybridized carbons (Fsp3) is 0.167. The lowest BCUT2D eigenvalue weighted by atomic mass is 10.1. The van der Waals surface area contributed by atoms with Gasteiger partial charge in [-0.2, -0.15) is 4.79 Å². The third-order valence-corrected chi connectivity index (χ3v) is 2.80. The number of halogens is 4. The van der Waals surface area contributed by atoms with Gasteiger partial charge in [-0.25, -0.2) is 8.78 Å². The SMILES string of the molecule is [N-]=[N+]=C1C=C(F)C(F)=C(Br)C1Cl. The van der Waals surface area contributed by atoms with Gasteiger partial charge in [-0.3, -0.25) is 0 Å². The molecule has 0 aliphatic heterocycles. The molecule has 0 aromatic heterocycles. The van der Waals surface area contributed by atoms with E-state index in [9.17, 15) is 8.78 Å². The van der Waals surface area contributed by atoms with Gasteiger partial charge in [-0.1, -0.05) is 15.9 Å². The van der Waals surface area contributed by atoms with Gasteiger partial charge in [-0.15, -0.1) is 11.6 Å². The molecule has 1 atom stereocenters. The fourth-order valence-corrected chi connectivity index (χ4v) is 1.33. The molecule has 2 nitrogen and oxygen atoms in total. The average Bonchev–Trinajstić information content (AvgIpc) is 2.08. The van der Waals surface area contributed by atoms with E-state index in [-0.39, 0.29) is 10.2 Å². The second kappa shape index (κ2) is 3.47. The van der Waals surface area contributed by atoms with Crippen LogP contribution in [0.1, 0.15) is 0 Å². The first-order valence-electron chi connectivity index (χ1n) is 2.86. The van der Waals surface area contributed by atoms with E-state index in [1.807, 2.05) is 0 Å². The molecule has 0 N–H and O–H groups in total. The highest BCUT2D eigenvalue weighted by Crippen LogP contribution is 2.32. The Morgan fingerprint density at radius 2 is 2.17 bits per heavy atom. The van der Waals surface area contributed by atoms with Crippen LogP contribution >= 0.6 is 27.5 Å². The minimum absolute atomic E-state index is 0.137. The van der Waals surface area contributed by atoms with Gasteiger partial charge >= 0.3 is 5.71 Å². The molecule has 0 saturated carbocycles. The first-order valence-corrected chi connectivity index (χ1v) is 4.09. The van der Waals surface area contributed by atoms with E-state index < -0.39 is 17.0 Å². The molecule has 0 aromatic rings. The standard InChI is InChI=1S/C6H2BrClF2N2/c7-4-5(8)3(12-11)1-2(9)6(4)10/h1,5H. The van der Waals surface area contributed by atoms with Gasteiger partial charge in [0, 0.05) is 0 Å². The van der Waals surface area contributed by atoms with Gasteiger partial charge in [0.2, 0.25) is 0 Å². The average molecular weight is 255 g/mol. The lowest BCUT2D eigenvalue weighted by Gasteiger charge is -2.07. The molecule has 0 bridgehead atoms. The van der Waals surface area contributed by atoms with Gasteiger partial charge in [0.05, 0.1) is 10.6 Å². The minimum Gasteiger partial charge on any atom is -0.361 e. The first kappa shape index (κ1) is 9.58. The summed E-state index contributed by atoms with van der Waals surface area (Å²) in [5.74, 6) is -2.17. The molecule has 1 aliphatic rings. The molecule has 0 spiro atoms. The van der Waals surface area contributed by atoms with Gasteiger partial charge in [0.25, 0.3) is 0 Å². The lowest BCUT2D eigenvalue weighted by molar-refractivity contribution is -0.00543. The summed E-state index contributed by atoms with van der Waals surface area (Å²) in [5, 5.41) is -0.977. The van der Waals surface area contributed by atoms with Crippen molar-refractivity contribution in [2.45, 2.75) is 5.38 Å². The minimum atomic E-state index is -1.11. The fourth-order valence-electron chi connectivity index (χ4n) is 0.701. The highest BCUT2D eigenvalue weighted by Gasteiger charge is 2.32. The van der Waals surface area contributed by atoms with Gasteiger partial charge < -0.3 is 5.53 Å². The zero-order chi connectivity index (χ0) is 9.30. The molecule has 1 aliphatic carbocycles. The zero-order valence-corrected chi connectivity index (χ0v) is 7.90. The Labute approximate surface area is 80.3 Å². The van der Waals surface area contributed by atoms with Crippen LogP contribution in [0.15, 0.2) is 22.2 Å². The van der Waals surface area contributed by atoms with E-state index in [0.717, 1.165) is 6.08 Å². The number of hydrogen-bond donors (Lipinski definition) is 0. The topological polar surface area (TPSA) is 36.4 Å². The van der Waals surface area contributed by atoms with Crippen LogP contribution in [-0.2, 0) is 0 Å². The third-order valence-electron chi connectivity index (χ3n) is 1.29. The van der Waals surface area contributed by atoms with E-state index in [1.54, 1.807) is 0 Å². The maximum atomic E-state index is 12.7. The van der Waals surface area contributed by atoms with Crippen LogP contribution in [0.5, 0.6) is 0 Å². The second-order valence-electron chi connectivity index (χ2n) is 2.04. The summed E-state index contributed by atoms with van der Waals surface area (Å²) in [6.07, 6.45) is 0.734. The number of rotatable bonds is 0. The molecule has 0 heterocycles. The Morgan fingerprint density at radius 3 is 2.67 bits per heavy atom. The van der Waals surface area contributed by atoms with Crippen LogP contribution < -0.4 is 0 Å². The van der Waals surface area contributed by atoms with Crippen LogP contribution in [-0.4, -0.2) is 15.9 Å². The van der Waals surface area contributed by atoms with E-state index >= 15 is 0 Å². The smallest absolute Gasteiger partial charge is 0.317 e. The van der Waals surface area contributed by atoms with Crippen LogP contribution in [0.25, 0.3) is 5.53 Å². The maximum absolute atomic E-state index is 12.7. The van der Waals surface area contributed by atoms with Crippen molar-refractivity contribution in [3.8, 4) is 0 Å². The van der Waals surface area contributed by atoms with Crippen molar-refractivity contribution in [1.29, 1.82) is 0 Å². The molecule has 64 valence electrons. The number of alkyl halides is 1. The summed E-state index contributed by atoms with van der Waals surface area (Å²) in [6.45, 7) is 0.